The number of nitro groups is 1. The first kappa shape index (κ1) is 25.6. The van der Waals surface area contributed by atoms with E-state index in [9.17, 15) is 24.5 Å². The van der Waals surface area contributed by atoms with Crippen molar-refractivity contribution in [2.75, 3.05) is 4.90 Å². The SMILES string of the molecule is Cc1cc(/C=C2\C(=O)NC(=O)N(c3ccncc3)C2=O)c(C)n1-c1ccc(Sc2ccc([N+](=O)[O-])cc2)cc1. The largest absolute Gasteiger partial charge is 0.335 e. The molecule has 0 unspecified atom stereocenters. The van der Waals surface area contributed by atoms with E-state index in [4.69, 9.17) is 0 Å². The second-order valence-corrected chi connectivity index (χ2v) is 9.82. The van der Waals surface area contributed by atoms with Crippen LogP contribution >= 0.6 is 11.8 Å². The van der Waals surface area contributed by atoms with Crippen LogP contribution in [0.3, 0.4) is 0 Å². The van der Waals surface area contributed by atoms with Gasteiger partial charge in [0.05, 0.1) is 10.6 Å². The minimum Gasteiger partial charge on any atom is -0.318 e. The lowest BCUT2D eigenvalue weighted by Gasteiger charge is -2.26. The number of hydrogen-bond acceptors (Lipinski definition) is 7. The monoisotopic (exact) mass is 539 g/mol. The van der Waals surface area contributed by atoms with E-state index in [0.29, 0.717) is 11.3 Å². The molecule has 10 nitrogen and oxygen atoms in total. The Morgan fingerprint density at radius 2 is 1.51 bits per heavy atom. The molecule has 1 saturated heterocycles. The smallest absolute Gasteiger partial charge is 0.318 e. The van der Waals surface area contributed by atoms with Gasteiger partial charge in [0.1, 0.15) is 5.57 Å². The number of hydrogen-bond donors (Lipinski definition) is 1. The molecule has 0 aliphatic carbocycles. The van der Waals surface area contributed by atoms with Gasteiger partial charge in [0.25, 0.3) is 17.5 Å². The number of aromatic nitrogens is 2. The van der Waals surface area contributed by atoms with Crippen molar-refractivity contribution in [3.05, 3.63) is 112 Å². The molecule has 11 heteroatoms. The summed E-state index contributed by atoms with van der Waals surface area (Å²) in [5, 5.41) is 13.1. The van der Waals surface area contributed by atoms with Gasteiger partial charge in [-0.25, -0.2) is 9.69 Å². The fraction of sp³-hybridized carbons (Fsp3) is 0.0714. The van der Waals surface area contributed by atoms with E-state index >= 15 is 0 Å². The number of rotatable bonds is 6. The summed E-state index contributed by atoms with van der Waals surface area (Å²) in [6, 6.07) is 18.3. The molecule has 0 saturated carbocycles. The minimum absolute atomic E-state index is 0.0445. The number of carbonyl (C=O) groups is 3. The predicted octanol–water partition coefficient (Wildman–Crippen LogP) is 5.21. The topological polar surface area (TPSA) is 127 Å². The summed E-state index contributed by atoms with van der Waals surface area (Å²) in [7, 11) is 0. The van der Waals surface area contributed by atoms with Crippen LogP contribution in [0.4, 0.5) is 16.2 Å². The summed E-state index contributed by atoms with van der Waals surface area (Å²) in [4.78, 5) is 55.3. The lowest BCUT2D eigenvalue weighted by molar-refractivity contribution is -0.384. The average Bonchev–Trinajstić information content (AvgIpc) is 3.20. The molecule has 194 valence electrons. The maximum atomic E-state index is 13.2. The van der Waals surface area contributed by atoms with Crippen LogP contribution < -0.4 is 10.2 Å². The van der Waals surface area contributed by atoms with Gasteiger partial charge in [-0.3, -0.25) is 30.0 Å². The van der Waals surface area contributed by atoms with Crippen LogP contribution in [-0.4, -0.2) is 32.3 Å². The molecule has 2 aromatic carbocycles. The number of aryl methyl sites for hydroxylation is 1. The zero-order valence-corrected chi connectivity index (χ0v) is 21.6. The van der Waals surface area contributed by atoms with Gasteiger partial charge >= 0.3 is 6.03 Å². The number of amides is 4. The van der Waals surface area contributed by atoms with E-state index in [-0.39, 0.29) is 11.3 Å². The summed E-state index contributed by atoms with van der Waals surface area (Å²) in [6.07, 6.45) is 4.41. The normalized spacial score (nSPS) is 14.6. The van der Waals surface area contributed by atoms with Gasteiger partial charge in [-0.15, -0.1) is 0 Å². The molecular formula is C28H21N5O5S. The molecule has 0 spiro atoms. The Morgan fingerprint density at radius 1 is 0.897 bits per heavy atom. The van der Waals surface area contributed by atoms with Gasteiger partial charge in [0.15, 0.2) is 0 Å². The van der Waals surface area contributed by atoms with Gasteiger partial charge in [0.2, 0.25) is 0 Å². The standard InChI is InChI=1S/C28H21N5O5S/c1-17-15-19(16-25-26(34)30-28(36)32(27(25)35)21-11-13-29-14-12-21)18(2)31(17)20-3-7-23(8-4-20)39-24-9-5-22(6-10-24)33(37)38/h3-16H,1-2H3,(H,30,34,36)/b25-16+. The number of carbonyl (C=O) groups excluding carboxylic acids is 3. The number of benzene rings is 2. The molecule has 4 amide bonds. The summed E-state index contributed by atoms with van der Waals surface area (Å²) in [6.45, 7) is 3.81. The molecule has 0 bridgehead atoms. The van der Waals surface area contributed by atoms with Gasteiger partial charge in [0, 0.05) is 51.4 Å². The summed E-state index contributed by atoms with van der Waals surface area (Å²) in [5.41, 5.74) is 3.45. The number of imide groups is 2. The maximum Gasteiger partial charge on any atom is 0.335 e. The van der Waals surface area contributed by atoms with Crippen LogP contribution in [0.1, 0.15) is 17.0 Å². The van der Waals surface area contributed by atoms with E-state index in [1.807, 2.05) is 48.7 Å². The fourth-order valence-electron chi connectivity index (χ4n) is 4.31. The lowest BCUT2D eigenvalue weighted by atomic mass is 10.1. The van der Waals surface area contributed by atoms with Crippen molar-refractivity contribution in [1.29, 1.82) is 0 Å². The predicted molar refractivity (Wildman–Crippen MR) is 146 cm³/mol. The molecule has 1 aliphatic rings. The van der Waals surface area contributed by atoms with E-state index in [2.05, 4.69) is 10.3 Å². The van der Waals surface area contributed by atoms with Gasteiger partial charge < -0.3 is 4.57 Å². The summed E-state index contributed by atoms with van der Waals surface area (Å²) in [5.74, 6) is -1.47. The van der Waals surface area contributed by atoms with Crippen molar-refractivity contribution >= 4 is 47.1 Å². The molecule has 1 fully saturated rings. The third-order valence-electron chi connectivity index (χ3n) is 6.17. The highest BCUT2D eigenvalue weighted by molar-refractivity contribution is 7.99. The van der Waals surface area contributed by atoms with Crippen molar-refractivity contribution in [2.24, 2.45) is 0 Å². The number of anilines is 1. The van der Waals surface area contributed by atoms with Crippen molar-refractivity contribution in [2.45, 2.75) is 23.6 Å². The summed E-state index contributed by atoms with van der Waals surface area (Å²) < 4.78 is 2.00. The van der Waals surface area contributed by atoms with Crippen LogP contribution in [0.25, 0.3) is 11.8 Å². The lowest BCUT2D eigenvalue weighted by Crippen LogP contribution is -2.54. The highest BCUT2D eigenvalue weighted by Gasteiger charge is 2.37. The first-order valence-electron chi connectivity index (χ1n) is 11.8. The van der Waals surface area contributed by atoms with Crippen LogP contribution in [-0.2, 0) is 9.59 Å². The van der Waals surface area contributed by atoms with E-state index in [0.717, 1.165) is 31.8 Å². The van der Waals surface area contributed by atoms with Crippen molar-refractivity contribution < 1.29 is 19.3 Å². The van der Waals surface area contributed by atoms with E-state index in [1.54, 1.807) is 12.1 Å². The number of nitro benzene ring substituents is 1. The molecule has 0 radical (unpaired) electrons. The van der Waals surface area contributed by atoms with Crippen LogP contribution in [0.2, 0.25) is 0 Å². The fourth-order valence-corrected chi connectivity index (χ4v) is 5.12. The second kappa shape index (κ2) is 10.4. The van der Waals surface area contributed by atoms with Crippen molar-refractivity contribution in [1.82, 2.24) is 14.9 Å². The molecule has 1 N–H and O–H groups in total. The highest BCUT2D eigenvalue weighted by atomic mass is 32.2. The highest BCUT2D eigenvalue weighted by Crippen LogP contribution is 2.31. The zero-order valence-electron chi connectivity index (χ0n) is 20.8. The average molecular weight is 540 g/mol. The number of nitrogens with zero attached hydrogens (tertiary/aromatic N) is 4. The van der Waals surface area contributed by atoms with Gasteiger partial charge in [-0.2, -0.15) is 0 Å². The molecular weight excluding hydrogens is 518 g/mol. The Hall–Kier alpha value is -5.03. The molecule has 2 aromatic heterocycles. The minimum atomic E-state index is -0.814. The quantitative estimate of drug-likeness (QED) is 0.154. The Balaban J connectivity index is 1.41. The number of barbiturate groups is 1. The van der Waals surface area contributed by atoms with E-state index < -0.39 is 22.8 Å². The third-order valence-corrected chi connectivity index (χ3v) is 7.19. The molecule has 4 aromatic rings. The molecule has 39 heavy (non-hydrogen) atoms. The van der Waals surface area contributed by atoms with Crippen molar-refractivity contribution in [3.8, 4) is 5.69 Å². The maximum absolute atomic E-state index is 13.2. The van der Waals surface area contributed by atoms with E-state index in [1.165, 1.54) is 54.5 Å². The number of non-ortho nitro benzene ring substituents is 1. The van der Waals surface area contributed by atoms with Crippen LogP contribution in [0, 0.1) is 24.0 Å². The van der Waals surface area contributed by atoms with Gasteiger partial charge in [-0.05, 0) is 80.1 Å². The number of urea groups is 1. The third kappa shape index (κ3) is 5.07. The number of pyridine rings is 1. The molecule has 0 atom stereocenters. The first-order valence-corrected chi connectivity index (χ1v) is 12.6. The Morgan fingerprint density at radius 3 is 2.13 bits per heavy atom. The Bertz CT molecular complexity index is 1640. The van der Waals surface area contributed by atoms with Gasteiger partial charge in [-0.1, -0.05) is 11.8 Å². The molecule has 1 aliphatic heterocycles. The van der Waals surface area contributed by atoms with Crippen LogP contribution in [0.15, 0.2) is 94.5 Å². The first-order chi connectivity index (χ1) is 18.7. The molecule has 3 heterocycles. The van der Waals surface area contributed by atoms with Crippen LogP contribution in [0.5, 0.6) is 0 Å². The summed E-state index contributed by atoms with van der Waals surface area (Å²) >= 11 is 1.49. The Kier molecular flexibility index (Phi) is 6.82. The molecule has 5 rings (SSSR count). The second-order valence-electron chi connectivity index (χ2n) is 8.67. The number of nitrogens with one attached hydrogen (secondary N) is 1. The Labute approximate surface area is 227 Å². The zero-order chi connectivity index (χ0) is 27.7. The van der Waals surface area contributed by atoms with Crippen molar-refractivity contribution in [3.63, 3.8) is 0 Å².